The highest BCUT2D eigenvalue weighted by Crippen LogP contribution is 2.38. The molecule has 0 N–H and O–H groups in total. The van der Waals surface area contributed by atoms with Crippen LogP contribution in [0.1, 0.15) is 12.8 Å². The van der Waals surface area contributed by atoms with E-state index in [-0.39, 0.29) is 47.7 Å². The first-order chi connectivity index (χ1) is 11.5. The van der Waals surface area contributed by atoms with Gasteiger partial charge in [-0.1, -0.05) is 12.2 Å². The molecule has 4 rings (SSSR count). The minimum Gasteiger partial charge on any atom is -0.276 e. The lowest BCUT2D eigenvalue weighted by molar-refractivity contribution is -0.145. The number of hydrogen-bond acceptors (Lipinski definition) is 5. The fraction of sp³-hybridized carbons (Fsp3) is 0.438. The fourth-order valence-corrected chi connectivity index (χ4v) is 5.09. The minimum atomic E-state index is -3.62. The molecule has 7 nitrogen and oxygen atoms in total. The van der Waals surface area contributed by atoms with Gasteiger partial charge in [0.2, 0.25) is 21.8 Å². The number of nitrogens with zero attached hydrogens (tertiary/aromatic N) is 3. The molecule has 3 aliphatic rings. The minimum absolute atomic E-state index is 0.125. The van der Waals surface area contributed by atoms with Gasteiger partial charge in [-0.05, 0) is 25.0 Å². The number of sulfonamides is 1. The van der Waals surface area contributed by atoms with Gasteiger partial charge >= 0.3 is 0 Å². The standard InChI is InChI=1S/C16H17N3O4S/c20-15-13-5-1-2-6-14(13)16(21)19(15)11-9-18(10-11)24(22,23)12-4-3-7-17-8-12/h1-4,7-8,11,13-14H,5-6,9-10H2/t13-,14-/m1/s1. The molecule has 0 saturated carbocycles. The molecule has 2 aliphatic heterocycles. The van der Waals surface area contributed by atoms with Gasteiger partial charge in [0, 0.05) is 25.5 Å². The Kier molecular flexibility index (Phi) is 3.54. The third-order valence-electron chi connectivity index (χ3n) is 5.01. The molecular formula is C16H17N3O4S. The monoisotopic (exact) mass is 347 g/mol. The average molecular weight is 347 g/mol. The van der Waals surface area contributed by atoms with Gasteiger partial charge in [-0.2, -0.15) is 4.31 Å². The summed E-state index contributed by atoms with van der Waals surface area (Å²) in [6, 6.07) is 2.69. The van der Waals surface area contributed by atoms with Gasteiger partial charge in [-0.25, -0.2) is 8.42 Å². The van der Waals surface area contributed by atoms with E-state index in [2.05, 4.69) is 4.98 Å². The smallest absolute Gasteiger partial charge is 0.244 e. The molecule has 1 aromatic rings. The number of carbonyl (C=O) groups excluding carboxylic acids is 2. The van der Waals surface area contributed by atoms with Crippen molar-refractivity contribution in [1.82, 2.24) is 14.2 Å². The van der Waals surface area contributed by atoms with E-state index in [1.807, 2.05) is 12.2 Å². The average Bonchev–Trinajstić information content (AvgIpc) is 2.80. The molecule has 2 atom stereocenters. The zero-order chi connectivity index (χ0) is 16.9. The molecule has 0 spiro atoms. The Hall–Kier alpha value is -2.06. The molecule has 126 valence electrons. The fourth-order valence-electron chi connectivity index (χ4n) is 3.61. The highest BCUT2D eigenvalue weighted by atomic mass is 32.2. The van der Waals surface area contributed by atoms with Crippen molar-refractivity contribution in [3.8, 4) is 0 Å². The highest BCUT2D eigenvalue weighted by Gasteiger charge is 2.53. The number of hydrogen-bond donors (Lipinski definition) is 0. The van der Waals surface area contributed by atoms with E-state index in [0.717, 1.165) is 0 Å². The molecule has 24 heavy (non-hydrogen) atoms. The predicted octanol–water partition coefficient (Wildman–Crippen LogP) is 0.406. The zero-order valence-corrected chi connectivity index (χ0v) is 13.7. The van der Waals surface area contributed by atoms with E-state index in [1.165, 1.54) is 27.7 Å². The van der Waals surface area contributed by atoms with Crippen molar-refractivity contribution in [2.24, 2.45) is 11.8 Å². The van der Waals surface area contributed by atoms with Gasteiger partial charge in [-0.3, -0.25) is 19.5 Å². The number of fused-ring (bicyclic) bond motifs is 1. The van der Waals surface area contributed by atoms with E-state index in [1.54, 1.807) is 6.07 Å². The van der Waals surface area contributed by atoms with Crippen molar-refractivity contribution in [3.63, 3.8) is 0 Å². The number of imide groups is 1. The van der Waals surface area contributed by atoms with Gasteiger partial charge < -0.3 is 0 Å². The van der Waals surface area contributed by atoms with E-state index >= 15 is 0 Å². The lowest BCUT2D eigenvalue weighted by Gasteiger charge is -2.42. The predicted molar refractivity (Wildman–Crippen MR) is 84.0 cm³/mol. The summed E-state index contributed by atoms with van der Waals surface area (Å²) in [5, 5.41) is 0. The molecule has 3 heterocycles. The van der Waals surface area contributed by atoms with Crippen molar-refractivity contribution < 1.29 is 18.0 Å². The quantitative estimate of drug-likeness (QED) is 0.584. The van der Waals surface area contributed by atoms with Crippen LogP contribution in [0.2, 0.25) is 0 Å². The maximum absolute atomic E-state index is 12.5. The van der Waals surface area contributed by atoms with Crippen molar-refractivity contribution >= 4 is 21.8 Å². The summed E-state index contributed by atoms with van der Waals surface area (Å²) in [5.41, 5.74) is 0. The van der Waals surface area contributed by atoms with Crippen LogP contribution in [0.4, 0.5) is 0 Å². The molecule has 1 aromatic heterocycles. The Morgan fingerprint density at radius 2 is 1.67 bits per heavy atom. The second-order valence-electron chi connectivity index (χ2n) is 6.37. The molecule has 0 bridgehead atoms. The summed E-state index contributed by atoms with van der Waals surface area (Å²) >= 11 is 0. The van der Waals surface area contributed by atoms with Crippen LogP contribution in [-0.2, 0) is 19.6 Å². The number of amides is 2. The summed E-state index contributed by atoms with van der Waals surface area (Å²) in [5.74, 6) is -0.853. The lowest BCUT2D eigenvalue weighted by Crippen LogP contribution is -2.62. The maximum Gasteiger partial charge on any atom is 0.244 e. The third-order valence-corrected chi connectivity index (χ3v) is 6.82. The van der Waals surface area contributed by atoms with E-state index in [0.29, 0.717) is 12.8 Å². The Bertz CT molecular complexity index is 789. The molecule has 2 fully saturated rings. The van der Waals surface area contributed by atoms with Crippen LogP contribution in [-0.4, -0.2) is 53.6 Å². The maximum atomic E-state index is 12.5. The largest absolute Gasteiger partial charge is 0.276 e. The molecular weight excluding hydrogens is 330 g/mol. The normalized spacial score (nSPS) is 28.1. The molecule has 2 saturated heterocycles. The summed E-state index contributed by atoms with van der Waals surface area (Å²) < 4.78 is 26.2. The van der Waals surface area contributed by atoms with Crippen molar-refractivity contribution in [2.45, 2.75) is 23.8 Å². The Morgan fingerprint density at radius 3 is 2.21 bits per heavy atom. The van der Waals surface area contributed by atoms with Crippen LogP contribution in [0.15, 0.2) is 41.6 Å². The first kappa shape index (κ1) is 15.5. The molecule has 2 amide bonds. The first-order valence-electron chi connectivity index (χ1n) is 7.92. The number of likely N-dealkylation sites (tertiary alicyclic amines) is 1. The molecule has 1 aliphatic carbocycles. The summed E-state index contributed by atoms with van der Waals surface area (Å²) in [6.45, 7) is 0.309. The van der Waals surface area contributed by atoms with Crippen molar-refractivity contribution in [2.75, 3.05) is 13.1 Å². The Balaban J connectivity index is 1.48. The van der Waals surface area contributed by atoms with Crippen LogP contribution in [0, 0.1) is 11.8 Å². The second kappa shape index (κ2) is 5.49. The van der Waals surface area contributed by atoms with Gasteiger partial charge in [0.05, 0.1) is 17.9 Å². The molecule has 0 radical (unpaired) electrons. The van der Waals surface area contributed by atoms with Crippen LogP contribution < -0.4 is 0 Å². The molecule has 0 aromatic carbocycles. The number of aromatic nitrogens is 1. The number of allylic oxidation sites excluding steroid dienone is 2. The topological polar surface area (TPSA) is 87.7 Å². The first-order valence-corrected chi connectivity index (χ1v) is 9.36. The third kappa shape index (κ3) is 2.21. The van der Waals surface area contributed by atoms with Crippen LogP contribution in [0.25, 0.3) is 0 Å². The van der Waals surface area contributed by atoms with Crippen LogP contribution >= 0.6 is 0 Å². The molecule has 0 unspecified atom stereocenters. The van der Waals surface area contributed by atoms with Gasteiger partial charge in [0.1, 0.15) is 4.90 Å². The zero-order valence-electron chi connectivity index (χ0n) is 12.9. The molecule has 8 heteroatoms. The van der Waals surface area contributed by atoms with Crippen LogP contribution in [0.5, 0.6) is 0 Å². The number of carbonyl (C=O) groups is 2. The van der Waals surface area contributed by atoms with E-state index in [4.69, 9.17) is 0 Å². The van der Waals surface area contributed by atoms with Crippen molar-refractivity contribution in [1.29, 1.82) is 0 Å². The Morgan fingerprint density at radius 1 is 1.04 bits per heavy atom. The summed E-state index contributed by atoms with van der Waals surface area (Å²) in [7, 11) is -3.62. The number of pyridine rings is 1. The summed E-state index contributed by atoms with van der Waals surface area (Å²) in [6.07, 6.45) is 7.88. The SMILES string of the molecule is O=C1[C@@H]2CC=CC[C@H]2C(=O)N1C1CN(S(=O)(=O)c2cccnc2)C1. The van der Waals surface area contributed by atoms with E-state index < -0.39 is 10.0 Å². The van der Waals surface area contributed by atoms with Crippen LogP contribution in [0.3, 0.4) is 0 Å². The lowest BCUT2D eigenvalue weighted by atomic mass is 9.85. The highest BCUT2D eigenvalue weighted by molar-refractivity contribution is 7.89. The number of rotatable bonds is 3. The Labute approximate surface area is 140 Å². The van der Waals surface area contributed by atoms with E-state index in [9.17, 15) is 18.0 Å². The van der Waals surface area contributed by atoms with Gasteiger partial charge in [-0.15, -0.1) is 0 Å². The van der Waals surface area contributed by atoms with Gasteiger partial charge in [0.25, 0.3) is 0 Å². The second-order valence-corrected chi connectivity index (χ2v) is 8.30. The summed E-state index contributed by atoms with van der Waals surface area (Å²) in [4.78, 5) is 30.3. The van der Waals surface area contributed by atoms with Gasteiger partial charge in [0.15, 0.2) is 0 Å². The van der Waals surface area contributed by atoms with Crippen molar-refractivity contribution in [3.05, 3.63) is 36.7 Å².